The lowest BCUT2D eigenvalue weighted by Crippen LogP contribution is -2.50. The van der Waals surface area contributed by atoms with Gasteiger partial charge in [0, 0.05) is 5.69 Å². The molecule has 1 aromatic carbocycles. The first-order valence-corrected chi connectivity index (χ1v) is 6.79. The Morgan fingerprint density at radius 3 is 2.11 bits per heavy atom. The predicted molar refractivity (Wildman–Crippen MR) is 75.0 cm³/mol. The molecule has 19 heavy (non-hydrogen) atoms. The Bertz CT molecular complexity index is 525. The summed E-state index contributed by atoms with van der Waals surface area (Å²) in [6, 6.07) is 5.06. The number of carbonyl (C=O) groups excluding carboxylic acids is 2. The van der Waals surface area contributed by atoms with Crippen molar-refractivity contribution in [3.05, 3.63) is 29.3 Å². The van der Waals surface area contributed by atoms with Gasteiger partial charge in [0.25, 0.3) is 11.8 Å². The van der Waals surface area contributed by atoms with Crippen molar-refractivity contribution in [3.63, 3.8) is 0 Å². The number of nitrogens with zero attached hydrogens (tertiary/aromatic N) is 1. The Balaban J connectivity index is 2.57. The monoisotopic (exact) mass is 260 g/mol. The van der Waals surface area contributed by atoms with E-state index in [1.165, 1.54) is 4.90 Å². The zero-order valence-electron chi connectivity index (χ0n) is 11.7. The molecule has 0 unspecified atom stereocenters. The maximum Gasteiger partial charge on any atom is 0.264 e. The Hall–Kier alpha value is -1.84. The van der Waals surface area contributed by atoms with Gasteiger partial charge in [0.15, 0.2) is 0 Å². The number of nitrogens with two attached hydrogens (primary N) is 1. The van der Waals surface area contributed by atoms with Gasteiger partial charge in [-0.25, -0.2) is 0 Å². The van der Waals surface area contributed by atoms with E-state index < -0.39 is 5.54 Å². The van der Waals surface area contributed by atoms with Gasteiger partial charge in [-0.2, -0.15) is 0 Å². The van der Waals surface area contributed by atoms with Crippen molar-refractivity contribution in [1.82, 2.24) is 4.90 Å². The zero-order valence-corrected chi connectivity index (χ0v) is 11.7. The van der Waals surface area contributed by atoms with Crippen LogP contribution in [0.2, 0.25) is 0 Å². The minimum Gasteiger partial charge on any atom is -0.398 e. The van der Waals surface area contributed by atoms with Gasteiger partial charge in [-0.15, -0.1) is 0 Å². The minimum absolute atomic E-state index is 0.210. The molecule has 2 N–H and O–H groups in total. The predicted octanol–water partition coefficient (Wildman–Crippen LogP) is 2.83. The van der Waals surface area contributed by atoms with Crippen molar-refractivity contribution in [2.75, 3.05) is 5.73 Å². The van der Waals surface area contributed by atoms with E-state index in [1.54, 1.807) is 18.2 Å². The third-order valence-corrected chi connectivity index (χ3v) is 4.40. The molecule has 0 fully saturated rings. The lowest BCUT2D eigenvalue weighted by molar-refractivity contribution is 0.0387. The SMILES string of the molecule is CCC(CC)(CC)N1C(=O)c2cccc(N)c2C1=O. The van der Waals surface area contributed by atoms with E-state index in [-0.39, 0.29) is 11.8 Å². The Morgan fingerprint density at radius 1 is 1.05 bits per heavy atom. The third kappa shape index (κ3) is 1.74. The molecule has 0 bridgehead atoms. The average molecular weight is 260 g/mol. The Labute approximate surface area is 113 Å². The maximum absolute atomic E-state index is 12.6. The van der Waals surface area contributed by atoms with Crippen molar-refractivity contribution in [2.45, 2.75) is 45.6 Å². The number of hydrogen-bond donors (Lipinski definition) is 1. The number of fused-ring (bicyclic) bond motifs is 1. The van der Waals surface area contributed by atoms with Gasteiger partial charge in [-0.1, -0.05) is 26.8 Å². The quantitative estimate of drug-likeness (QED) is 0.668. The summed E-state index contributed by atoms with van der Waals surface area (Å²) in [5.74, 6) is -0.457. The van der Waals surface area contributed by atoms with Crippen molar-refractivity contribution in [2.24, 2.45) is 0 Å². The molecule has 0 aromatic heterocycles. The molecule has 102 valence electrons. The van der Waals surface area contributed by atoms with Gasteiger partial charge in [0.1, 0.15) is 0 Å². The molecule has 0 radical (unpaired) electrons. The van der Waals surface area contributed by atoms with Gasteiger partial charge >= 0.3 is 0 Å². The van der Waals surface area contributed by atoms with Gasteiger partial charge < -0.3 is 5.73 Å². The van der Waals surface area contributed by atoms with Crippen LogP contribution in [0.15, 0.2) is 18.2 Å². The molecule has 0 spiro atoms. The molecule has 0 atom stereocenters. The van der Waals surface area contributed by atoms with Crippen LogP contribution >= 0.6 is 0 Å². The van der Waals surface area contributed by atoms with Crippen LogP contribution in [0.25, 0.3) is 0 Å². The second kappa shape index (κ2) is 4.68. The van der Waals surface area contributed by atoms with Crippen LogP contribution in [-0.4, -0.2) is 22.3 Å². The fourth-order valence-electron chi connectivity index (χ4n) is 2.97. The van der Waals surface area contributed by atoms with E-state index in [0.29, 0.717) is 16.8 Å². The topological polar surface area (TPSA) is 63.4 Å². The third-order valence-electron chi connectivity index (χ3n) is 4.40. The van der Waals surface area contributed by atoms with E-state index in [0.717, 1.165) is 19.3 Å². The van der Waals surface area contributed by atoms with Gasteiger partial charge in [0.2, 0.25) is 0 Å². The number of amides is 2. The van der Waals surface area contributed by atoms with Crippen molar-refractivity contribution in [1.29, 1.82) is 0 Å². The van der Waals surface area contributed by atoms with Crippen molar-refractivity contribution in [3.8, 4) is 0 Å². The van der Waals surface area contributed by atoms with E-state index in [2.05, 4.69) is 0 Å². The van der Waals surface area contributed by atoms with Crippen LogP contribution in [0.5, 0.6) is 0 Å². The highest BCUT2D eigenvalue weighted by molar-refractivity contribution is 6.24. The molecule has 1 aromatic rings. The Morgan fingerprint density at radius 2 is 1.63 bits per heavy atom. The Kier molecular flexibility index (Phi) is 3.35. The summed E-state index contributed by atoms with van der Waals surface area (Å²) in [6.07, 6.45) is 2.27. The molecule has 1 heterocycles. The molecule has 2 rings (SSSR count). The van der Waals surface area contributed by atoms with Crippen LogP contribution in [0.1, 0.15) is 60.7 Å². The van der Waals surface area contributed by atoms with E-state index in [4.69, 9.17) is 5.73 Å². The van der Waals surface area contributed by atoms with Crippen LogP contribution in [-0.2, 0) is 0 Å². The summed E-state index contributed by atoms with van der Waals surface area (Å²) in [5.41, 5.74) is 6.64. The highest BCUT2D eigenvalue weighted by Crippen LogP contribution is 2.37. The lowest BCUT2D eigenvalue weighted by Gasteiger charge is -2.38. The summed E-state index contributed by atoms with van der Waals surface area (Å²) in [4.78, 5) is 26.5. The summed E-state index contributed by atoms with van der Waals surface area (Å²) in [6.45, 7) is 6.04. The standard InChI is InChI=1S/C15H20N2O2/c1-4-15(5-2,6-3)17-13(18)10-8-7-9-11(16)12(10)14(17)19/h7-9H,4-6,16H2,1-3H3. The first-order valence-electron chi connectivity index (χ1n) is 6.79. The molecule has 1 aliphatic rings. The molecular weight excluding hydrogens is 240 g/mol. The van der Waals surface area contributed by atoms with Crippen LogP contribution in [0, 0.1) is 0 Å². The normalized spacial score (nSPS) is 15.0. The van der Waals surface area contributed by atoms with Crippen LogP contribution in [0.4, 0.5) is 5.69 Å². The number of benzene rings is 1. The van der Waals surface area contributed by atoms with Crippen molar-refractivity contribution >= 4 is 17.5 Å². The van der Waals surface area contributed by atoms with Crippen LogP contribution < -0.4 is 5.73 Å². The van der Waals surface area contributed by atoms with E-state index in [1.807, 2.05) is 20.8 Å². The minimum atomic E-state index is -0.403. The molecule has 0 saturated heterocycles. The fraction of sp³-hybridized carbons (Fsp3) is 0.467. The van der Waals surface area contributed by atoms with E-state index in [9.17, 15) is 9.59 Å². The molecule has 4 nitrogen and oxygen atoms in total. The number of hydrogen-bond acceptors (Lipinski definition) is 3. The molecule has 2 amide bonds. The zero-order chi connectivity index (χ0) is 14.2. The van der Waals surface area contributed by atoms with Crippen molar-refractivity contribution < 1.29 is 9.59 Å². The van der Waals surface area contributed by atoms with Gasteiger partial charge in [-0.05, 0) is 31.4 Å². The summed E-state index contributed by atoms with van der Waals surface area (Å²) < 4.78 is 0. The van der Waals surface area contributed by atoms with Gasteiger partial charge in [0.05, 0.1) is 16.7 Å². The summed E-state index contributed by atoms with van der Waals surface area (Å²) in [5, 5.41) is 0. The summed E-state index contributed by atoms with van der Waals surface area (Å²) in [7, 11) is 0. The average Bonchev–Trinajstić information content (AvgIpc) is 2.68. The summed E-state index contributed by atoms with van der Waals surface area (Å²) >= 11 is 0. The maximum atomic E-state index is 12.6. The number of imide groups is 1. The number of rotatable bonds is 4. The highest BCUT2D eigenvalue weighted by atomic mass is 16.2. The molecular formula is C15H20N2O2. The molecule has 0 aliphatic carbocycles. The lowest BCUT2D eigenvalue weighted by atomic mass is 9.87. The fourth-order valence-corrected chi connectivity index (χ4v) is 2.97. The first kappa shape index (κ1) is 13.6. The number of nitrogen functional groups attached to an aromatic ring is 1. The number of carbonyl (C=O) groups is 2. The van der Waals surface area contributed by atoms with Crippen LogP contribution in [0.3, 0.4) is 0 Å². The molecule has 4 heteroatoms. The molecule has 1 aliphatic heterocycles. The largest absolute Gasteiger partial charge is 0.398 e. The second-order valence-electron chi connectivity index (χ2n) is 5.00. The molecule has 0 saturated carbocycles. The number of anilines is 1. The second-order valence-corrected chi connectivity index (χ2v) is 5.00. The smallest absolute Gasteiger partial charge is 0.264 e. The highest BCUT2D eigenvalue weighted by Gasteiger charge is 2.46. The van der Waals surface area contributed by atoms with Gasteiger partial charge in [-0.3, -0.25) is 14.5 Å². The van der Waals surface area contributed by atoms with E-state index >= 15 is 0 Å². The first-order chi connectivity index (χ1) is 9.02.